The van der Waals surface area contributed by atoms with Crippen LogP contribution >= 0.6 is 0 Å². The van der Waals surface area contributed by atoms with Crippen molar-refractivity contribution in [2.45, 2.75) is 51.0 Å². The zero-order valence-corrected chi connectivity index (χ0v) is 20.1. The first-order valence-electron chi connectivity index (χ1n) is 12.1. The Labute approximate surface area is 210 Å². The SMILES string of the molecule is CCC(N)c1cc(F)c(OCC2CCC(c3cc(F)c(-c4cc(F)c(F)c(F)c4)c(F)c3)CC2)c(F)c1. The maximum atomic E-state index is 14.8. The second-order valence-corrected chi connectivity index (χ2v) is 9.47. The highest BCUT2D eigenvalue weighted by molar-refractivity contribution is 5.65. The molecule has 3 aromatic carbocycles. The number of hydrogen-bond acceptors (Lipinski definition) is 2. The molecule has 0 radical (unpaired) electrons. The lowest BCUT2D eigenvalue weighted by Gasteiger charge is -2.29. The van der Waals surface area contributed by atoms with Crippen LogP contribution in [0.2, 0.25) is 0 Å². The average Bonchev–Trinajstić information content (AvgIpc) is 2.86. The van der Waals surface area contributed by atoms with E-state index in [4.69, 9.17) is 10.5 Å². The van der Waals surface area contributed by atoms with Crippen molar-refractivity contribution in [3.63, 3.8) is 0 Å². The molecule has 1 aliphatic rings. The summed E-state index contributed by atoms with van der Waals surface area (Å²) in [6, 6.07) is 5.19. The molecule has 198 valence electrons. The molecular formula is C28H26F7NO. The largest absolute Gasteiger partial charge is 0.487 e. The highest BCUT2D eigenvalue weighted by atomic mass is 19.2. The summed E-state index contributed by atoms with van der Waals surface area (Å²) >= 11 is 0. The van der Waals surface area contributed by atoms with Gasteiger partial charge in [0, 0.05) is 6.04 Å². The van der Waals surface area contributed by atoms with E-state index >= 15 is 0 Å². The molecule has 0 spiro atoms. The first-order chi connectivity index (χ1) is 17.6. The summed E-state index contributed by atoms with van der Waals surface area (Å²) in [4.78, 5) is 0. The van der Waals surface area contributed by atoms with Gasteiger partial charge in [0.2, 0.25) is 0 Å². The molecule has 1 fully saturated rings. The van der Waals surface area contributed by atoms with Gasteiger partial charge in [0.15, 0.2) is 34.8 Å². The van der Waals surface area contributed by atoms with E-state index < -0.39 is 63.6 Å². The monoisotopic (exact) mass is 525 g/mol. The van der Waals surface area contributed by atoms with Crippen LogP contribution in [-0.4, -0.2) is 6.61 Å². The molecular weight excluding hydrogens is 499 g/mol. The zero-order valence-electron chi connectivity index (χ0n) is 20.1. The third-order valence-corrected chi connectivity index (χ3v) is 7.01. The lowest BCUT2D eigenvalue weighted by atomic mass is 9.78. The van der Waals surface area contributed by atoms with Gasteiger partial charge >= 0.3 is 0 Å². The van der Waals surface area contributed by atoms with E-state index in [9.17, 15) is 30.7 Å². The molecule has 9 heteroatoms. The smallest absolute Gasteiger partial charge is 0.194 e. The van der Waals surface area contributed by atoms with Crippen molar-refractivity contribution in [3.05, 3.63) is 88.2 Å². The van der Waals surface area contributed by atoms with Crippen LogP contribution in [0.3, 0.4) is 0 Å². The number of nitrogens with two attached hydrogens (primary N) is 1. The minimum Gasteiger partial charge on any atom is -0.487 e. The lowest BCUT2D eigenvalue weighted by Crippen LogP contribution is -2.20. The van der Waals surface area contributed by atoms with Gasteiger partial charge in [0.05, 0.1) is 12.2 Å². The molecule has 0 amide bonds. The van der Waals surface area contributed by atoms with Crippen LogP contribution in [0.4, 0.5) is 30.7 Å². The fourth-order valence-electron chi connectivity index (χ4n) is 4.83. The summed E-state index contributed by atoms with van der Waals surface area (Å²) in [6.45, 7) is 1.90. The molecule has 4 rings (SSSR count). The molecule has 1 unspecified atom stereocenters. The molecule has 0 heterocycles. The molecule has 37 heavy (non-hydrogen) atoms. The summed E-state index contributed by atoms with van der Waals surface area (Å²) in [7, 11) is 0. The molecule has 0 aliphatic heterocycles. The van der Waals surface area contributed by atoms with Crippen molar-refractivity contribution >= 4 is 0 Å². The second kappa shape index (κ2) is 11.1. The number of benzene rings is 3. The second-order valence-electron chi connectivity index (χ2n) is 9.47. The summed E-state index contributed by atoms with van der Waals surface area (Å²) in [6.07, 6.45) is 2.85. The Bertz CT molecular complexity index is 1220. The van der Waals surface area contributed by atoms with E-state index in [1.807, 2.05) is 6.92 Å². The molecule has 1 atom stereocenters. The summed E-state index contributed by atoms with van der Waals surface area (Å²) in [5.41, 5.74) is 5.50. The van der Waals surface area contributed by atoms with Gasteiger partial charge in [-0.15, -0.1) is 0 Å². The summed E-state index contributed by atoms with van der Waals surface area (Å²) in [5.74, 6) is -9.11. The van der Waals surface area contributed by atoms with Gasteiger partial charge in [-0.25, -0.2) is 30.7 Å². The van der Waals surface area contributed by atoms with E-state index in [2.05, 4.69) is 0 Å². The Morgan fingerprint density at radius 3 is 1.81 bits per heavy atom. The first kappa shape index (κ1) is 27.0. The van der Waals surface area contributed by atoms with E-state index in [0.717, 1.165) is 12.1 Å². The van der Waals surface area contributed by atoms with Crippen molar-refractivity contribution in [3.8, 4) is 16.9 Å². The molecule has 3 aromatic rings. The van der Waals surface area contributed by atoms with E-state index in [1.165, 1.54) is 12.1 Å². The third kappa shape index (κ3) is 5.76. The average molecular weight is 526 g/mol. The molecule has 0 aromatic heterocycles. The minimum absolute atomic E-state index is 0.00763. The quantitative estimate of drug-likeness (QED) is 0.250. The number of rotatable bonds is 7. The standard InChI is InChI=1S/C28H26F7NO/c1-2-25(36)17-9-23(33)28(24(34)10-17)37-13-14-3-5-15(6-4-14)16-7-19(29)26(20(30)8-16)18-11-21(31)27(35)22(32)12-18/h7-12,14-15,25H,2-6,13,36H2,1H3. The van der Waals surface area contributed by atoms with Gasteiger partial charge in [-0.05, 0) is 97.0 Å². The van der Waals surface area contributed by atoms with Gasteiger partial charge in [0.25, 0.3) is 0 Å². The van der Waals surface area contributed by atoms with Crippen molar-refractivity contribution in [1.82, 2.24) is 0 Å². The predicted octanol–water partition coefficient (Wildman–Crippen LogP) is 8.09. The van der Waals surface area contributed by atoms with Crippen LogP contribution < -0.4 is 10.5 Å². The molecule has 2 N–H and O–H groups in total. The van der Waals surface area contributed by atoms with Crippen molar-refractivity contribution in [2.24, 2.45) is 11.7 Å². The van der Waals surface area contributed by atoms with Gasteiger partial charge in [-0.1, -0.05) is 6.92 Å². The Hall–Kier alpha value is -3.07. The molecule has 0 saturated heterocycles. The summed E-state index contributed by atoms with van der Waals surface area (Å²) in [5, 5.41) is 0. The normalized spacial score (nSPS) is 18.6. The maximum absolute atomic E-state index is 14.8. The van der Waals surface area contributed by atoms with E-state index in [1.54, 1.807) is 0 Å². The fraction of sp³-hybridized carbons (Fsp3) is 0.357. The van der Waals surface area contributed by atoms with Crippen molar-refractivity contribution < 1.29 is 35.5 Å². The Morgan fingerprint density at radius 1 is 0.757 bits per heavy atom. The van der Waals surface area contributed by atoms with Gasteiger partial charge in [0.1, 0.15) is 11.6 Å². The number of ether oxygens (including phenoxy) is 1. The third-order valence-electron chi connectivity index (χ3n) is 7.01. The Morgan fingerprint density at radius 2 is 1.30 bits per heavy atom. The first-order valence-corrected chi connectivity index (χ1v) is 12.1. The number of hydrogen-bond donors (Lipinski definition) is 1. The molecule has 0 bridgehead atoms. The van der Waals surface area contributed by atoms with Crippen LogP contribution in [0.25, 0.3) is 11.1 Å². The molecule has 2 nitrogen and oxygen atoms in total. The fourth-order valence-corrected chi connectivity index (χ4v) is 4.83. The van der Waals surface area contributed by atoms with E-state index in [-0.39, 0.29) is 18.4 Å². The lowest BCUT2D eigenvalue weighted by molar-refractivity contribution is 0.187. The Kier molecular flexibility index (Phi) is 8.11. The van der Waals surface area contributed by atoms with E-state index in [0.29, 0.717) is 55.4 Å². The number of halogens is 7. The minimum atomic E-state index is -1.72. The highest BCUT2D eigenvalue weighted by Crippen LogP contribution is 2.39. The summed E-state index contributed by atoms with van der Waals surface area (Å²) < 4.78 is 104. The van der Waals surface area contributed by atoms with Crippen LogP contribution in [0.5, 0.6) is 5.75 Å². The van der Waals surface area contributed by atoms with Gasteiger partial charge < -0.3 is 10.5 Å². The van der Waals surface area contributed by atoms with Crippen LogP contribution in [0, 0.1) is 46.6 Å². The van der Waals surface area contributed by atoms with Gasteiger partial charge in [-0.2, -0.15) is 0 Å². The molecule has 1 saturated carbocycles. The highest BCUT2D eigenvalue weighted by Gasteiger charge is 2.26. The maximum Gasteiger partial charge on any atom is 0.194 e. The van der Waals surface area contributed by atoms with Crippen LogP contribution in [0.1, 0.15) is 62.1 Å². The topological polar surface area (TPSA) is 35.2 Å². The zero-order chi connectivity index (χ0) is 26.9. The predicted molar refractivity (Wildman–Crippen MR) is 125 cm³/mol. The van der Waals surface area contributed by atoms with Crippen molar-refractivity contribution in [2.75, 3.05) is 6.61 Å². The van der Waals surface area contributed by atoms with Crippen LogP contribution in [0.15, 0.2) is 36.4 Å². The van der Waals surface area contributed by atoms with Gasteiger partial charge in [-0.3, -0.25) is 0 Å². The van der Waals surface area contributed by atoms with Crippen molar-refractivity contribution in [1.29, 1.82) is 0 Å². The molecule has 1 aliphatic carbocycles. The Balaban J connectivity index is 1.40. The van der Waals surface area contributed by atoms with Crippen LogP contribution in [-0.2, 0) is 0 Å².